The van der Waals surface area contributed by atoms with Crippen molar-refractivity contribution >= 4 is 11.4 Å². The van der Waals surface area contributed by atoms with Crippen molar-refractivity contribution in [3.05, 3.63) is 59.2 Å². The zero-order valence-electron chi connectivity index (χ0n) is 10.7. The Morgan fingerprint density at radius 3 is 1.63 bits per heavy atom. The first-order chi connectivity index (χ1) is 9.02. The zero-order chi connectivity index (χ0) is 14.0. The molecule has 0 fully saturated rings. The molecule has 2 aromatic carbocycles. The van der Waals surface area contributed by atoms with Crippen LogP contribution >= 0.6 is 0 Å². The molecule has 0 spiro atoms. The Balaban J connectivity index is 2.43. The van der Waals surface area contributed by atoms with E-state index in [2.05, 4.69) is 0 Å². The topological polar surface area (TPSA) is 52.0 Å². The van der Waals surface area contributed by atoms with Crippen molar-refractivity contribution in [3.63, 3.8) is 0 Å². The van der Waals surface area contributed by atoms with Crippen LogP contribution in [0.3, 0.4) is 0 Å². The fraction of sp³-hybridized carbons (Fsp3) is 0.200. The number of anilines is 2. The van der Waals surface area contributed by atoms with Gasteiger partial charge in [-0.1, -0.05) is 19.1 Å². The summed E-state index contributed by atoms with van der Waals surface area (Å²) in [4.78, 5) is 0. The van der Waals surface area contributed by atoms with Crippen LogP contribution < -0.4 is 11.5 Å². The van der Waals surface area contributed by atoms with Gasteiger partial charge >= 0.3 is 0 Å². The number of rotatable bonds is 3. The third kappa shape index (κ3) is 2.67. The van der Waals surface area contributed by atoms with Crippen LogP contribution in [0, 0.1) is 11.6 Å². The highest BCUT2D eigenvalue weighted by molar-refractivity contribution is 5.47. The maximum atomic E-state index is 13.5. The normalized spacial score (nSPS) is 10.9. The quantitative estimate of drug-likeness (QED) is 0.829. The van der Waals surface area contributed by atoms with Gasteiger partial charge in [-0.3, -0.25) is 0 Å². The van der Waals surface area contributed by atoms with Gasteiger partial charge in [0.15, 0.2) is 0 Å². The molecule has 0 amide bonds. The Morgan fingerprint density at radius 1 is 0.895 bits per heavy atom. The average molecular weight is 262 g/mol. The first-order valence-corrected chi connectivity index (χ1v) is 6.12. The van der Waals surface area contributed by atoms with E-state index in [1.165, 1.54) is 24.3 Å². The van der Waals surface area contributed by atoms with Crippen molar-refractivity contribution in [2.24, 2.45) is 0 Å². The maximum Gasteiger partial charge on any atom is 0.146 e. The maximum absolute atomic E-state index is 13.5. The van der Waals surface area contributed by atoms with E-state index >= 15 is 0 Å². The molecular weight excluding hydrogens is 246 g/mol. The van der Waals surface area contributed by atoms with Gasteiger partial charge in [-0.2, -0.15) is 0 Å². The second kappa shape index (κ2) is 5.26. The van der Waals surface area contributed by atoms with Crippen LogP contribution in [-0.4, -0.2) is 0 Å². The molecule has 2 aromatic rings. The van der Waals surface area contributed by atoms with E-state index < -0.39 is 11.6 Å². The molecule has 4 heteroatoms. The summed E-state index contributed by atoms with van der Waals surface area (Å²) in [5.74, 6) is -0.982. The van der Waals surface area contributed by atoms with Gasteiger partial charge in [0, 0.05) is 5.92 Å². The molecule has 0 heterocycles. The lowest BCUT2D eigenvalue weighted by Gasteiger charge is -2.17. The molecule has 0 aliphatic carbocycles. The molecular formula is C15H16F2N2. The van der Waals surface area contributed by atoms with Crippen LogP contribution in [0.4, 0.5) is 20.2 Å². The fourth-order valence-corrected chi connectivity index (χ4v) is 2.18. The Bertz CT molecular complexity index is 545. The number of nitrogens with two attached hydrogens (primary N) is 2. The first-order valence-electron chi connectivity index (χ1n) is 6.12. The van der Waals surface area contributed by atoms with Gasteiger partial charge in [0.25, 0.3) is 0 Å². The van der Waals surface area contributed by atoms with Gasteiger partial charge in [0.2, 0.25) is 0 Å². The molecule has 0 radical (unpaired) electrons. The zero-order valence-corrected chi connectivity index (χ0v) is 10.7. The second-order valence-corrected chi connectivity index (χ2v) is 4.52. The molecule has 2 nitrogen and oxygen atoms in total. The van der Waals surface area contributed by atoms with Crippen molar-refractivity contribution in [1.82, 2.24) is 0 Å². The van der Waals surface area contributed by atoms with E-state index in [9.17, 15) is 8.78 Å². The average Bonchev–Trinajstić information content (AvgIpc) is 2.39. The van der Waals surface area contributed by atoms with Crippen LogP contribution in [0.2, 0.25) is 0 Å². The minimum atomic E-state index is -0.452. The second-order valence-electron chi connectivity index (χ2n) is 4.52. The number of halogens is 2. The van der Waals surface area contributed by atoms with Gasteiger partial charge in [0.05, 0.1) is 11.4 Å². The smallest absolute Gasteiger partial charge is 0.146 e. The lowest BCUT2D eigenvalue weighted by Crippen LogP contribution is -2.03. The summed E-state index contributed by atoms with van der Waals surface area (Å²) in [7, 11) is 0. The molecule has 100 valence electrons. The summed E-state index contributed by atoms with van der Waals surface area (Å²) < 4.78 is 27.0. The van der Waals surface area contributed by atoms with Crippen molar-refractivity contribution in [1.29, 1.82) is 0 Å². The molecule has 0 aliphatic rings. The number of hydrogen-bond acceptors (Lipinski definition) is 2. The van der Waals surface area contributed by atoms with Gasteiger partial charge in [-0.05, 0) is 41.8 Å². The highest BCUT2D eigenvalue weighted by atomic mass is 19.1. The number of hydrogen-bond donors (Lipinski definition) is 2. The first kappa shape index (κ1) is 13.3. The summed E-state index contributed by atoms with van der Waals surface area (Å²) >= 11 is 0. The van der Waals surface area contributed by atoms with Gasteiger partial charge in [0.1, 0.15) is 11.6 Å². The molecule has 19 heavy (non-hydrogen) atoms. The van der Waals surface area contributed by atoms with Crippen LogP contribution in [0.5, 0.6) is 0 Å². The third-order valence-electron chi connectivity index (χ3n) is 3.26. The van der Waals surface area contributed by atoms with Gasteiger partial charge < -0.3 is 11.5 Å². The predicted octanol–water partition coefficient (Wildman–Crippen LogP) is 3.67. The Hall–Kier alpha value is -2.10. The van der Waals surface area contributed by atoms with Crippen molar-refractivity contribution in [2.75, 3.05) is 11.5 Å². The molecule has 0 atom stereocenters. The lowest BCUT2D eigenvalue weighted by atomic mass is 9.89. The molecule has 0 saturated carbocycles. The predicted molar refractivity (Wildman–Crippen MR) is 73.8 cm³/mol. The van der Waals surface area contributed by atoms with E-state index in [-0.39, 0.29) is 17.3 Å². The molecule has 0 aliphatic heterocycles. The Kier molecular flexibility index (Phi) is 3.69. The summed E-state index contributed by atoms with van der Waals surface area (Å²) in [5, 5.41) is 0. The van der Waals surface area contributed by atoms with E-state index in [4.69, 9.17) is 11.5 Å². The minimum absolute atomic E-state index is 0.0785. The molecule has 0 bridgehead atoms. The van der Waals surface area contributed by atoms with E-state index in [1.54, 1.807) is 12.1 Å². The lowest BCUT2D eigenvalue weighted by molar-refractivity contribution is 0.621. The highest BCUT2D eigenvalue weighted by Crippen LogP contribution is 2.30. The van der Waals surface area contributed by atoms with E-state index in [0.717, 1.165) is 17.5 Å². The van der Waals surface area contributed by atoms with Gasteiger partial charge in [-0.25, -0.2) is 8.78 Å². The summed E-state index contributed by atoms with van der Waals surface area (Å²) in [6.07, 6.45) is 0.729. The Labute approximate surface area is 111 Å². The van der Waals surface area contributed by atoms with Crippen LogP contribution in [0.1, 0.15) is 30.4 Å². The van der Waals surface area contributed by atoms with Crippen LogP contribution in [0.15, 0.2) is 36.4 Å². The minimum Gasteiger partial charge on any atom is -0.396 e. The molecule has 4 N–H and O–H groups in total. The fourth-order valence-electron chi connectivity index (χ4n) is 2.18. The van der Waals surface area contributed by atoms with Crippen LogP contribution in [0.25, 0.3) is 0 Å². The number of nitrogen functional groups attached to an aromatic ring is 2. The monoisotopic (exact) mass is 262 g/mol. The van der Waals surface area contributed by atoms with Gasteiger partial charge in [-0.15, -0.1) is 0 Å². The molecule has 0 aromatic heterocycles. The molecule has 0 saturated heterocycles. The number of benzene rings is 2. The largest absolute Gasteiger partial charge is 0.396 e. The van der Waals surface area contributed by atoms with Crippen molar-refractivity contribution < 1.29 is 8.78 Å². The highest BCUT2D eigenvalue weighted by Gasteiger charge is 2.15. The SMILES string of the molecule is CCC(c1ccc(N)c(F)c1)c1ccc(N)c(F)c1. The summed E-state index contributed by atoms with van der Waals surface area (Å²) in [6, 6.07) is 9.39. The Morgan fingerprint density at radius 2 is 1.32 bits per heavy atom. The third-order valence-corrected chi connectivity index (χ3v) is 3.26. The van der Waals surface area contributed by atoms with E-state index in [0.29, 0.717) is 0 Å². The standard InChI is InChI=1S/C15H16F2N2/c1-2-11(9-3-5-14(18)12(16)7-9)10-4-6-15(19)13(17)8-10/h3-8,11H,2,18-19H2,1H3. The molecule has 2 rings (SSSR count). The van der Waals surface area contributed by atoms with Crippen molar-refractivity contribution in [2.45, 2.75) is 19.3 Å². The van der Waals surface area contributed by atoms with Crippen molar-refractivity contribution in [3.8, 4) is 0 Å². The molecule has 0 unspecified atom stereocenters. The summed E-state index contributed by atoms with van der Waals surface area (Å²) in [5.41, 5.74) is 12.7. The summed E-state index contributed by atoms with van der Waals surface area (Å²) in [6.45, 7) is 1.97. The van der Waals surface area contributed by atoms with Crippen LogP contribution in [-0.2, 0) is 0 Å². The van der Waals surface area contributed by atoms with E-state index in [1.807, 2.05) is 6.92 Å².